The van der Waals surface area contributed by atoms with Gasteiger partial charge in [0.25, 0.3) is 5.92 Å². The van der Waals surface area contributed by atoms with Gasteiger partial charge in [-0.1, -0.05) is 23.6 Å². The molecule has 74 heavy (non-hydrogen) atoms. The molecule has 0 aliphatic heterocycles. The second-order valence-electron chi connectivity index (χ2n) is 18.1. The number of carbonyl (C=O) groups excluding carboxylic acids is 2. The summed E-state index contributed by atoms with van der Waals surface area (Å²) in [5.74, 6) is -6.56. The monoisotopic (exact) mass is 1110 g/mol. The molecule has 3 amide bonds. The number of amides is 3. The molecule has 0 unspecified atom stereocenters. The van der Waals surface area contributed by atoms with Crippen molar-refractivity contribution in [2.75, 3.05) is 37.0 Å². The van der Waals surface area contributed by atoms with Crippen molar-refractivity contribution in [3.63, 3.8) is 0 Å². The number of nitrogens with two attached hydrogens (primary N) is 1. The largest absolute Gasteiger partial charge is 0.435 e. The highest BCUT2D eigenvalue weighted by atomic mass is 35.5. The van der Waals surface area contributed by atoms with E-state index in [0.717, 1.165) is 54.6 Å². The summed E-state index contributed by atoms with van der Waals surface area (Å²) in [6.07, 6.45) is -9.95. The minimum Gasteiger partial charge on any atom is -0.370 e. The van der Waals surface area contributed by atoms with E-state index in [0.29, 0.717) is 12.3 Å². The van der Waals surface area contributed by atoms with Crippen molar-refractivity contribution >= 4 is 66.1 Å². The van der Waals surface area contributed by atoms with E-state index in [1.54, 1.807) is 0 Å². The first-order valence-corrected chi connectivity index (χ1v) is 25.8. The van der Waals surface area contributed by atoms with Crippen molar-refractivity contribution in [1.29, 1.82) is 5.41 Å². The molecule has 2 aliphatic carbocycles. The Balaban J connectivity index is 1.48. The van der Waals surface area contributed by atoms with E-state index in [4.69, 9.17) is 22.7 Å². The second kappa shape index (κ2) is 19.2. The van der Waals surface area contributed by atoms with Crippen LogP contribution in [-0.2, 0) is 56.3 Å². The number of benzene rings is 2. The summed E-state index contributed by atoms with van der Waals surface area (Å²) in [5.41, 5.74) is -0.635. The van der Waals surface area contributed by atoms with Gasteiger partial charge in [0, 0.05) is 55.1 Å². The number of alkyl halides is 8. The Bertz CT molecular complexity index is 3410. The van der Waals surface area contributed by atoms with Crippen molar-refractivity contribution in [1.82, 2.24) is 40.1 Å². The maximum absolute atomic E-state index is 15.6. The molecule has 2 aromatic carbocycles. The number of sulfone groups is 1. The summed E-state index contributed by atoms with van der Waals surface area (Å²) < 4.78 is 198. The van der Waals surface area contributed by atoms with Crippen LogP contribution in [0.2, 0.25) is 5.02 Å². The Kier molecular flexibility index (Phi) is 14.3. The predicted molar refractivity (Wildman–Crippen MR) is 248 cm³/mol. The first-order chi connectivity index (χ1) is 34.0. The summed E-state index contributed by atoms with van der Waals surface area (Å²) >= 11 is 6.66. The number of rotatable bonds is 14. The fourth-order valence-electron chi connectivity index (χ4n) is 8.40. The molecule has 398 valence electrons. The van der Waals surface area contributed by atoms with E-state index in [9.17, 15) is 61.5 Å². The van der Waals surface area contributed by atoms with Gasteiger partial charge in [-0.3, -0.25) is 19.6 Å². The number of urea groups is 1. The van der Waals surface area contributed by atoms with Crippen LogP contribution in [0.25, 0.3) is 22.0 Å². The van der Waals surface area contributed by atoms with Crippen LogP contribution in [0.3, 0.4) is 0 Å². The Morgan fingerprint density at radius 2 is 1.62 bits per heavy atom. The number of anilines is 1. The molecule has 7 rings (SSSR count). The normalized spacial score (nSPS) is 16.7. The minimum atomic E-state index is -5.23. The number of sulfonamides is 1. The molecule has 1 fully saturated rings. The van der Waals surface area contributed by atoms with Crippen LogP contribution >= 0.6 is 11.6 Å². The Hall–Kier alpha value is -6.67. The Morgan fingerprint density at radius 3 is 2.20 bits per heavy atom. The van der Waals surface area contributed by atoms with Crippen molar-refractivity contribution < 1.29 is 70.3 Å². The van der Waals surface area contributed by atoms with Gasteiger partial charge in [-0.2, -0.15) is 49.6 Å². The molecule has 0 saturated heterocycles. The summed E-state index contributed by atoms with van der Waals surface area (Å²) in [7, 11) is -7.63. The highest BCUT2D eigenvalue weighted by molar-refractivity contribution is 7.93. The summed E-state index contributed by atoms with van der Waals surface area (Å²) in [5, 5.41) is 18.5. The molecule has 5 N–H and O–H groups in total. The number of halogens is 11. The lowest BCUT2D eigenvalue weighted by Crippen LogP contribution is -2.47. The average molecular weight is 1110 g/mol. The SMILES string of the molecule is CN(CCNC(=N)N)C(=O)N(c1nn(CC(F)(F)F)c2c(-c3ccc(C#CC(C)(C)S(C)(=O)=O)nc3[C@H](Cc3cc(F)cc(F)c3)NC(=O)Cn3nc(C(F)(F)F)c4c3C(F)(F)[C@@H]3C[C@H]43)ccc(Cl)c12)S(C)(=O)=O. The number of hydrogen-bond acceptors (Lipinski definition) is 10. The number of guanidine groups is 1. The highest BCUT2D eigenvalue weighted by Crippen LogP contribution is 2.68. The van der Waals surface area contributed by atoms with Crippen molar-refractivity contribution in [3.8, 4) is 23.0 Å². The third kappa shape index (κ3) is 11.2. The molecule has 17 nitrogen and oxygen atoms in total. The number of hydrogen-bond donors (Lipinski definition) is 4. The number of carbonyl (C=O) groups is 2. The third-order valence-corrected chi connectivity index (χ3v) is 15.4. The van der Waals surface area contributed by atoms with Crippen molar-refractivity contribution in [3.05, 3.63) is 93.0 Å². The van der Waals surface area contributed by atoms with Crippen LogP contribution in [0.4, 0.5) is 54.5 Å². The third-order valence-electron chi connectivity index (χ3n) is 12.1. The van der Waals surface area contributed by atoms with Gasteiger partial charge in [-0.25, -0.2) is 35.4 Å². The summed E-state index contributed by atoms with van der Waals surface area (Å²) in [6, 6.07) is 3.38. The van der Waals surface area contributed by atoms with Gasteiger partial charge in [0.05, 0.1) is 33.9 Å². The average Bonchev–Trinajstić information content (AvgIpc) is 3.76. The van der Waals surface area contributed by atoms with Gasteiger partial charge in [0.15, 0.2) is 27.3 Å². The number of pyridine rings is 1. The van der Waals surface area contributed by atoms with Gasteiger partial charge >= 0.3 is 18.4 Å². The quantitative estimate of drug-likeness (QED) is 0.0401. The summed E-state index contributed by atoms with van der Waals surface area (Å²) in [6.45, 7) is -1.35. The maximum atomic E-state index is 15.6. The Labute approximate surface area is 419 Å². The van der Waals surface area contributed by atoms with Crippen LogP contribution in [0.15, 0.2) is 42.5 Å². The molecule has 3 heterocycles. The van der Waals surface area contributed by atoms with Gasteiger partial charge in [0.1, 0.15) is 40.9 Å². The zero-order chi connectivity index (χ0) is 55.0. The van der Waals surface area contributed by atoms with E-state index in [1.165, 1.54) is 13.8 Å². The van der Waals surface area contributed by atoms with E-state index in [2.05, 4.69) is 37.7 Å². The fraction of sp³-hybridized carbons (Fsp3) is 0.409. The molecule has 3 atom stereocenters. The Morgan fingerprint density at radius 1 is 0.986 bits per heavy atom. The van der Waals surface area contributed by atoms with E-state index >= 15 is 8.78 Å². The topological polar surface area (TPSA) is 231 Å². The van der Waals surface area contributed by atoms with Crippen LogP contribution in [0.1, 0.15) is 66.1 Å². The molecule has 1 saturated carbocycles. The smallest absolute Gasteiger partial charge is 0.370 e. The number of likely N-dealkylation sites (N-methyl/N-ethyl adjacent to an activating group) is 1. The van der Waals surface area contributed by atoms with E-state index in [1.807, 2.05) is 0 Å². The highest BCUT2D eigenvalue weighted by Gasteiger charge is 2.68. The lowest BCUT2D eigenvalue weighted by molar-refractivity contribution is -0.143. The lowest BCUT2D eigenvalue weighted by Gasteiger charge is -2.25. The molecule has 5 aromatic rings. The summed E-state index contributed by atoms with van der Waals surface area (Å²) in [4.78, 5) is 33.5. The van der Waals surface area contributed by atoms with Gasteiger partial charge in [-0.05, 0) is 74.4 Å². The zero-order valence-electron chi connectivity index (χ0n) is 39.1. The molecule has 30 heteroatoms. The molecule has 3 aromatic heterocycles. The van der Waals surface area contributed by atoms with Gasteiger partial charge in [-0.15, -0.1) is 0 Å². The minimum absolute atomic E-state index is 0.0672. The van der Waals surface area contributed by atoms with E-state index < -0.39 is 154 Å². The first kappa shape index (κ1) is 55.1. The molecule has 0 spiro atoms. The van der Waals surface area contributed by atoms with Crippen LogP contribution in [0, 0.1) is 34.8 Å². The number of nitrogens with zero attached hydrogens (tertiary/aromatic N) is 7. The van der Waals surface area contributed by atoms with Crippen LogP contribution in [0.5, 0.6) is 0 Å². The standard InChI is InChI=1S/C44H42ClF10N11O6S2/c1-41(2,73(4,69)70)11-10-24-6-7-25(26-8-9-29(45)33-35(26)65(20-42(48,49)50)62-38(33)66(74(5,71)72)40(68)63(3)13-12-58-39(56)57)34(59-24)30(16-21-14-22(46)17-23(47)15-21)60-31(67)19-64-37-32(36(61-64)44(53,54)55)27-18-28(27)43(37,51)52/h6-9,14-15,17,27-28,30H,12-13,16,18-20H2,1-5H3,(H,60,67)(H4,56,57,58)/t27-,28+,30-/m0/s1. The number of fused-ring (bicyclic) bond motifs is 4. The molecular formula is C44H42ClF10N11O6S2. The van der Waals surface area contributed by atoms with Gasteiger partial charge in [0.2, 0.25) is 15.9 Å². The molecular weight excluding hydrogens is 1070 g/mol. The van der Waals surface area contributed by atoms with Crippen LogP contribution in [-0.4, -0.2) is 108 Å². The van der Waals surface area contributed by atoms with E-state index in [-0.39, 0.29) is 55.6 Å². The zero-order valence-corrected chi connectivity index (χ0v) is 41.5. The van der Waals surface area contributed by atoms with Crippen molar-refractivity contribution in [2.45, 2.75) is 74.8 Å². The molecule has 2 aliphatic rings. The second-order valence-corrected chi connectivity index (χ2v) is 22.9. The molecule has 0 bridgehead atoms. The lowest BCUT2D eigenvalue weighted by atomic mass is 9.93. The maximum Gasteiger partial charge on any atom is 0.435 e. The van der Waals surface area contributed by atoms with Crippen molar-refractivity contribution in [2.24, 2.45) is 11.7 Å². The number of nitrogens with one attached hydrogen (secondary N) is 3. The number of aromatic nitrogens is 5. The fourth-order valence-corrected chi connectivity index (χ4v) is 9.74. The van der Waals surface area contributed by atoms with Gasteiger partial charge < -0.3 is 21.3 Å². The van der Waals surface area contributed by atoms with Crippen LogP contribution < -0.4 is 20.7 Å². The first-order valence-electron chi connectivity index (χ1n) is 21.6. The predicted octanol–water partition coefficient (Wildman–Crippen LogP) is 6.59. The molecule has 0 radical (unpaired) electrons.